The van der Waals surface area contributed by atoms with Crippen LogP contribution in [0.4, 0.5) is 0 Å². The maximum atomic E-state index is 10.0. The fourth-order valence-corrected chi connectivity index (χ4v) is 7.23. The molecule has 4 saturated carbocycles. The van der Waals surface area contributed by atoms with Gasteiger partial charge in [-0.05, 0) is 92.3 Å². The Morgan fingerprint density at radius 2 is 1.70 bits per heavy atom. The predicted octanol–water partition coefficient (Wildman–Crippen LogP) is 4.78. The first-order chi connectivity index (χ1) is 9.53. The summed E-state index contributed by atoms with van der Waals surface area (Å²) < 4.78 is 0. The van der Waals surface area contributed by atoms with Crippen LogP contribution in [0, 0.1) is 34.5 Å². The van der Waals surface area contributed by atoms with Crippen LogP contribution in [0.15, 0.2) is 0 Å². The standard InChI is InChI=1S/C19H32O/c1-18-9-3-4-16(18)15-6-5-13-12-14(20)7-11-19(13,2)17(15)8-10-18/h13-17,20H,3-12H2,1-2H3/t13-,14+,15+,16+,17+,18-,19-/m0/s1. The zero-order valence-corrected chi connectivity index (χ0v) is 13.4. The van der Waals surface area contributed by atoms with Gasteiger partial charge in [0.15, 0.2) is 0 Å². The van der Waals surface area contributed by atoms with E-state index in [1.807, 2.05) is 0 Å². The second-order valence-electron chi connectivity index (χ2n) is 9.17. The maximum Gasteiger partial charge on any atom is 0.0543 e. The number of aliphatic hydroxyl groups excluding tert-OH is 1. The highest BCUT2D eigenvalue weighted by atomic mass is 16.3. The van der Waals surface area contributed by atoms with Crippen molar-refractivity contribution >= 4 is 0 Å². The van der Waals surface area contributed by atoms with Crippen molar-refractivity contribution in [2.75, 3.05) is 0 Å². The van der Waals surface area contributed by atoms with E-state index in [2.05, 4.69) is 13.8 Å². The molecule has 0 spiro atoms. The van der Waals surface area contributed by atoms with E-state index in [-0.39, 0.29) is 6.10 Å². The minimum Gasteiger partial charge on any atom is -0.393 e. The Morgan fingerprint density at radius 1 is 0.850 bits per heavy atom. The summed E-state index contributed by atoms with van der Waals surface area (Å²) in [5, 5.41) is 10.0. The third-order valence-corrected chi connectivity index (χ3v) is 8.42. The summed E-state index contributed by atoms with van der Waals surface area (Å²) in [5.74, 6) is 3.85. The number of aliphatic hydroxyl groups is 1. The molecule has 20 heavy (non-hydrogen) atoms. The number of fused-ring (bicyclic) bond motifs is 5. The van der Waals surface area contributed by atoms with Gasteiger partial charge in [0.05, 0.1) is 6.10 Å². The number of hydrogen-bond acceptors (Lipinski definition) is 1. The van der Waals surface area contributed by atoms with E-state index < -0.39 is 0 Å². The lowest BCUT2D eigenvalue weighted by Crippen LogP contribution is -2.53. The van der Waals surface area contributed by atoms with Gasteiger partial charge in [-0.25, -0.2) is 0 Å². The molecule has 0 aliphatic heterocycles. The van der Waals surface area contributed by atoms with Crippen LogP contribution in [0.25, 0.3) is 0 Å². The highest BCUT2D eigenvalue weighted by Crippen LogP contribution is 2.66. The summed E-state index contributed by atoms with van der Waals surface area (Å²) in [6.45, 7) is 5.19. The van der Waals surface area contributed by atoms with E-state index in [0.29, 0.717) is 10.8 Å². The van der Waals surface area contributed by atoms with Gasteiger partial charge in [-0.1, -0.05) is 20.3 Å². The van der Waals surface area contributed by atoms with Crippen molar-refractivity contribution < 1.29 is 5.11 Å². The van der Waals surface area contributed by atoms with Crippen LogP contribution in [0.3, 0.4) is 0 Å². The molecule has 0 amide bonds. The molecule has 7 atom stereocenters. The van der Waals surface area contributed by atoms with Gasteiger partial charge in [0, 0.05) is 0 Å². The molecule has 1 N–H and O–H groups in total. The van der Waals surface area contributed by atoms with E-state index in [0.717, 1.165) is 36.5 Å². The molecule has 0 aromatic carbocycles. The topological polar surface area (TPSA) is 20.2 Å². The Labute approximate surface area is 124 Å². The molecule has 114 valence electrons. The zero-order valence-electron chi connectivity index (χ0n) is 13.4. The van der Waals surface area contributed by atoms with Gasteiger partial charge in [0.1, 0.15) is 0 Å². The van der Waals surface area contributed by atoms with Crippen molar-refractivity contribution in [1.29, 1.82) is 0 Å². The maximum absolute atomic E-state index is 10.0. The summed E-state index contributed by atoms with van der Waals surface area (Å²) >= 11 is 0. The summed E-state index contributed by atoms with van der Waals surface area (Å²) in [4.78, 5) is 0. The van der Waals surface area contributed by atoms with E-state index in [9.17, 15) is 5.11 Å². The third kappa shape index (κ3) is 1.77. The molecule has 0 saturated heterocycles. The number of rotatable bonds is 0. The molecular weight excluding hydrogens is 244 g/mol. The lowest BCUT2D eigenvalue weighted by molar-refractivity contribution is -0.120. The Morgan fingerprint density at radius 3 is 2.55 bits per heavy atom. The summed E-state index contributed by atoms with van der Waals surface area (Å²) in [7, 11) is 0. The van der Waals surface area contributed by atoms with Gasteiger partial charge >= 0.3 is 0 Å². The first-order valence-corrected chi connectivity index (χ1v) is 9.21. The molecule has 0 bridgehead atoms. The Bertz CT molecular complexity index is 391. The largest absolute Gasteiger partial charge is 0.393 e. The summed E-state index contributed by atoms with van der Waals surface area (Å²) in [6, 6.07) is 0. The van der Waals surface area contributed by atoms with Gasteiger partial charge in [-0.15, -0.1) is 0 Å². The number of hydrogen-bond donors (Lipinski definition) is 1. The lowest BCUT2D eigenvalue weighted by atomic mass is 9.45. The molecule has 1 heteroatoms. The van der Waals surface area contributed by atoms with Crippen molar-refractivity contribution in [3.05, 3.63) is 0 Å². The van der Waals surface area contributed by atoms with Crippen LogP contribution in [0.1, 0.15) is 78.1 Å². The van der Waals surface area contributed by atoms with Crippen molar-refractivity contribution in [2.45, 2.75) is 84.2 Å². The Balaban J connectivity index is 1.62. The molecule has 4 fully saturated rings. The van der Waals surface area contributed by atoms with Crippen LogP contribution in [0.5, 0.6) is 0 Å². The minimum atomic E-state index is 0.00459. The fraction of sp³-hybridized carbons (Fsp3) is 1.00. The SMILES string of the molecule is C[C@@]12CCC[C@@H]1[C@H]1CC[C@H]3C[C@H](O)CC[C@]3(C)[C@@H]1CC2. The third-order valence-electron chi connectivity index (χ3n) is 8.42. The molecule has 0 heterocycles. The Hall–Kier alpha value is -0.0400. The van der Waals surface area contributed by atoms with Gasteiger partial charge in [0.25, 0.3) is 0 Å². The van der Waals surface area contributed by atoms with Gasteiger partial charge in [-0.2, -0.15) is 0 Å². The highest BCUT2D eigenvalue weighted by molar-refractivity contribution is 5.07. The van der Waals surface area contributed by atoms with Crippen LogP contribution >= 0.6 is 0 Å². The van der Waals surface area contributed by atoms with Crippen molar-refractivity contribution in [3.63, 3.8) is 0 Å². The molecule has 4 aliphatic carbocycles. The predicted molar refractivity (Wildman–Crippen MR) is 82.4 cm³/mol. The molecule has 0 radical (unpaired) electrons. The lowest BCUT2D eigenvalue weighted by Gasteiger charge is -2.60. The van der Waals surface area contributed by atoms with Gasteiger partial charge in [-0.3, -0.25) is 0 Å². The zero-order chi connectivity index (χ0) is 14.0. The molecule has 4 aliphatic rings. The molecule has 1 nitrogen and oxygen atoms in total. The van der Waals surface area contributed by atoms with Crippen LogP contribution in [0.2, 0.25) is 0 Å². The van der Waals surface area contributed by atoms with Crippen molar-refractivity contribution in [2.24, 2.45) is 34.5 Å². The Kier molecular flexibility index (Phi) is 3.05. The second kappa shape index (κ2) is 4.48. The molecular formula is C19H32O. The first kappa shape index (κ1) is 13.6. The normalized spacial score (nSPS) is 58.6. The van der Waals surface area contributed by atoms with Gasteiger partial charge in [0.2, 0.25) is 0 Å². The van der Waals surface area contributed by atoms with E-state index in [1.165, 1.54) is 51.4 Å². The minimum absolute atomic E-state index is 0.00459. The smallest absolute Gasteiger partial charge is 0.0543 e. The van der Waals surface area contributed by atoms with Gasteiger partial charge < -0.3 is 5.11 Å². The fourth-order valence-electron chi connectivity index (χ4n) is 7.23. The van der Waals surface area contributed by atoms with Crippen LogP contribution < -0.4 is 0 Å². The van der Waals surface area contributed by atoms with Crippen LogP contribution in [-0.2, 0) is 0 Å². The average molecular weight is 276 g/mol. The molecule has 0 unspecified atom stereocenters. The van der Waals surface area contributed by atoms with E-state index in [1.54, 1.807) is 0 Å². The summed E-state index contributed by atoms with van der Waals surface area (Å²) in [6.07, 6.45) is 13.8. The van der Waals surface area contributed by atoms with E-state index >= 15 is 0 Å². The second-order valence-corrected chi connectivity index (χ2v) is 9.17. The highest BCUT2D eigenvalue weighted by Gasteiger charge is 2.57. The molecule has 0 aromatic heterocycles. The average Bonchev–Trinajstić information content (AvgIpc) is 2.81. The van der Waals surface area contributed by atoms with Crippen molar-refractivity contribution in [1.82, 2.24) is 0 Å². The van der Waals surface area contributed by atoms with Crippen LogP contribution in [-0.4, -0.2) is 11.2 Å². The first-order valence-electron chi connectivity index (χ1n) is 9.21. The van der Waals surface area contributed by atoms with E-state index in [4.69, 9.17) is 0 Å². The molecule has 0 aromatic rings. The molecule has 4 rings (SSSR count). The quantitative estimate of drug-likeness (QED) is 0.675. The van der Waals surface area contributed by atoms with Crippen molar-refractivity contribution in [3.8, 4) is 0 Å². The monoisotopic (exact) mass is 276 g/mol. The summed E-state index contributed by atoms with van der Waals surface area (Å²) in [5.41, 5.74) is 1.25.